The number of nitrogens with one attached hydrogen (secondary N) is 1. The molecule has 184 valence electrons. The smallest absolute Gasteiger partial charge is 0.306 e. The number of carbonyl (C=O) groups is 2. The van der Waals surface area contributed by atoms with Gasteiger partial charge in [-0.3, -0.25) is 9.59 Å². The van der Waals surface area contributed by atoms with Crippen molar-refractivity contribution in [1.82, 2.24) is 0 Å². The molecule has 2 aromatic carbocycles. The molecule has 1 heterocycles. The normalized spacial score (nSPS) is 16.6. The minimum Gasteiger partial charge on any atom is -0.496 e. The predicted octanol–water partition coefficient (Wildman–Crippen LogP) is 4.57. The third-order valence-corrected chi connectivity index (χ3v) is 6.75. The van der Waals surface area contributed by atoms with Crippen molar-refractivity contribution in [3.8, 4) is 17.2 Å². The number of alkyl halides is 1. The monoisotopic (exact) mass is 491 g/mol. The van der Waals surface area contributed by atoms with Crippen molar-refractivity contribution in [3.05, 3.63) is 47.0 Å². The Morgan fingerprint density at radius 2 is 1.82 bits per heavy atom. The number of benzene rings is 2. The van der Waals surface area contributed by atoms with Crippen LogP contribution in [0.4, 0.5) is 5.69 Å². The van der Waals surface area contributed by atoms with Gasteiger partial charge in [0, 0.05) is 28.9 Å². The topological polar surface area (TPSA) is 103 Å². The number of anilines is 1. The molecule has 1 aliphatic heterocycles. The summed E-state index contributed by atoms with van der Waals surface area (Å²) in [6.07, 6.45) is -0.891. The summed E-state index contributed by atoms with van der Waals surface area (Å²) in [6.45, 7) is 4.21. The van der Waals surface area contributed by atoms with E-state index < -0.39 is 35.2 Å². The van der Waals surface area contributed by atoms with Crippen molar-refractivity contribution >= 4 is 29.2 Å². The van der Waals surface area contributed by atoms with Gasteiger partial charge in [0.25, 0.3) is 5.91 Å². The Morgan fingerprint density at radius 1 is 1.18 bits per heavy atom. The first-order valence-corrected chi connectivity index (χ1v) is 11.2. The minimum absolute atomic E-state index is 0.101. The maximum absolute atomic E-state index is 12.3. The molecule has 2 aromatic rings. The number of rotatable bonds is 9. The second kappa shape index (κ2) is 10.5. The van der Waals surface area contributed by atoms with E-state index in [9.17, 15) is 9.59 Å². The van der Waals surface area contributed by atoms with Gasteiger partial charge >= 0.3 is 5.97 Å². The van der Waals surface area contributed by atoms with Gasteiger partial charge in [0.1, 0.15) is 23.4 Å². The molecule has 0 saturated heterocycles. The molecule has 2 atom stereocenters. The van der Waals surface area contributed by atoms with Crippen LogP contribution in [0.25, 0.3) is 0 Å². The second-order valence-electron chi connectivity index (χ2n) is 8.84. The number of hydrogen-bond acceptors (Lipinski definition) is 6. The highest BCUT2D eigenvalue weighted by Gasteiger charge is 2.33. The van der Waals surface area contributed by atoms with Crippen molar-refractivity contribution in [3.63, 3.8) is 0 Å². The maximum atomic E-state index is 12.3. The van der Waals surface area contributed by atoms with Gasteiger partial charge in [-0.2, -0.15) is 0 Å². The van der Waals surface area contributed by atoms with Crippen LogP contribution in [0.2, 0.25) is 0 Å². The number of aliphatic carboxylic acids is 1. The van der Waals surface area contributed by atoms with Gasteiger partial charge in [-0.05, 0) is 29.5 Å². The van der Waals surface area contributed by atoms with E-state index in [-0.39, 0.29) is 6.61 Å². The van der Waals surface area contributed by atoms with Crippen molar-refractivity contribution < 1.29 is 33.6 Å². The average molecular weight is 492 g/mol. The first kappa shape index (κ1) is 25.6. The number of hydrogen-bond donors (Lipinski definition) is 2. The molecular weight excluding hydrogens is 462 g/mol. The predicted molar refractivity (Wildman–Crippen MR) is 128 cm³/mol. The summed E-state index contributed by atoms with van der Waals surface area (Å²) in [6, 6.07) is 9.15. The van der Waals surface area contributed by atoms with Crippen LogP contribution in [0.1, 0.15) is 42.3 Å². The number of amides is 1. The van der Waals surface area contributed by atoms with Crippen molar-refractivity contribution in [2.45, 2.75) is 44.8 Å². The number of fused-ring (bicyclic) bond motifs is 1. The van der Waals surface area contributed by atoms with Crippen molar-refractivity contribution in [2.75, 3.05) is 26.6 Å². The summed E-state index contributed by atoms with van der Waals surface area (Å²) in [4.78, 5) is 23.3. The van der Waals surface area contributed by atoms with Crippen LogP contribution in [-0.4, -0.2) is 44.4 Å². The number of carbonyl (C=O) groups excluding carboxylic acids is 1. The number of methoxy groups -OCH3 is 3. The van der Waals surface area contributed by atoms with E-state index >= 15 is 0 Å². The maximum Gasteiger partial charge on any atom is 0.306 e. The lowest BCUT2D eigenvalue weighted by Crippen LogP contribution is -2.30. The Balaban J connectivity index is 1.87. The molecule has 0 fully saturated rings. The summed E-state index contributed by atoms with van der Waals surface area (Å²) < 4.78 is 22.1. The fourth-order valence-electron chi connectivity index (χ4n) is 4.05. The molecule has 34 heavy (non-hydrogen) atoms. The van der Waals surface area contributed by atoms with Crippen LogP contribution < -0.4 is 19.5 Å². The Hall–Kier alpha value is -2.97. The van der Waals surface area contributed by atoms with Gasteiger partial charge in [-0.15, -0.1) is 11.6 Å². The molecule has 2 unspecified atom stereocenters. The molecule has 0 aliphatic carbocycles. The molecule has 8 nitrogen and oxygen atoms in total. The van der Waals surface area contributed by atoms with Gasteiger partial charge in [-0.25, -0.2) is 0 Å². The van der Waals surface area contributed by atoms with E-state index in [1.54, 1.807) is 27.4 Å². The Morgan fingerprint density at radius 3 is 2.38 bits per heavy atom. The summed E-state index contributed by atoms with van der Waals surface area (Å²) in [7, 11) is 4.78. The van der Waals surface area contributed by atoms with Gasteiger partial charge in [0.15, 0.2) is 0 Å². The number of carboxylic acid groups (broad SMARTS) is 1. The summed E-state index contributed by atoms with van der Waals surface area (Å²) in [5.74, 6) is 0.354. The fourth-order valence-corrected chi connectivity index (χ4v) is 4.26. The van der Waals surface area contributed by atoms with E-state index in [1.165, 1.54) is 0 Å². The van der Waals surface area contributed by atoms with Crippen LogP contribution in [-0.2, 0) is 27.4 Å². The summed E-state index contributed by atoms with van der Waals surface area (Å²) in [5.41, 5.74) is 2.63. The van der Waals surface area contributed by atoms with Crippen LogP contribution >= 0.6 is 11.6 Å². The van der Waals surface area contributed by atoms with E-state index in [2.05, 4.69) is 19.2 Å². The fraction of sp³-hybridized carbons (Fsp3) is 0.440. The van der Waals surface area contributed by atoms with Crippen LogP contribution in [0, 0.1) is 5.41 Å². The Kier molecular flexibility index (Phi) is 7.94. The zero-order valence-corrected chi connectivity index (χ0v) is 20.7. The zero-order chi connectivity index (χ0) is 25.0. The van der Waals surface area contributed by atoms with Crippen LogP contribution in [0.3, 0.4) is 0 Å². The first-order chi connectivity index (χ1) is 16.1. The summed E-state index contributed by atoms with van der Waals surface area (Å²) >= 11 is 6.99. The van der Waals surface area contributed by atoms with Gasteiger partial charge < -0.3 is 29.4 Å². The standard InChI is InChI=1S/C25H30ClNO7/c1-25(2,12-17-19(32-4)9-16(31-3)10-20(17)33-5)23(26)14-6-7-18-15(8-14)13-34-21(11-22(28)29)24(30)27-18/h6-10,21,23H,11-13H2,1-5H3,(H,27,30)(H,28,29). The molecule has 1 aliphatic rings. The van der Waals surface area contributed by atoms with E-state index in [0.29, 0.717) is 29.4 Å². The molecule has 0 bridgehead atoms. The SMILES string of the molecule is COc1cc(OC)c(CC(C)(C)C(Cl)c2ccc3c(c2)COC(CC(=O)O)C(=O)N3)c(OC)c1. The lowest BCUT2D eigenvalue weighted by Gasteiger charge is -2.32. The Labute approximate surface area is 204 Å². The van der Waals surface area contributed by atoms with Crippen molar-refractivity contribution in [1.29, 1.82) is 0 Å². The molecule has 9 heteroatoms. The highest BCUT2D eigenvalue weighted by atomic mass is 35.5. The van der Waals surface area contributed by atoms with Gasteiger partial charge in [0.2, 0.25) is 0 Å². The minimum atomic E-state index is -1.10. The quantitative estimate of drug-likeness (QED) is 0.495. The number of carboxylic acids is 1. The third-order valence-electron chi connectivity index (χ3n) is 5.91. The van der Waals surface area contributed by atoms with Gasteiger partial charge in [-0.1, -0.05) is 19.9 Å². The largest absolute Gasteiger partial charge is 0.496 e. The highest BCUT2D eigenvalue weighted by Crippen LogP contribution is 2.46. The van der Waals surface area contributed by atoms with Crippen LogP contribution in [0.15, 0.2) is 30.3 Å². The van der Waals surface area contributed by atoms with Crippen LogP contribution in [0.5, 0.6) is 17.2 Å². The highest BCUT2D eigenvalue weighted by molar-refractivity contribution is 6.21. The van der Waals surface area contributed by atoms with Crippen molar-refractivity contribution in [2.24, 2.45) is 5.41 Å². The molecule has 0 spiro atoms. The number of ether oxygens (including phenoxy) is 4. The second-order valence-corrected chi connectivity index (χ2v) is 9.28. The van der Waals surface area contributed by atoms with E-state index in [0.717, 1.165) is 16.7 Å². The first-order valence-electron chi connectivity index (χ1n) is 10.8. The Bertz CT molecular complexity index is 1040. The molecule has 3 rings (SSSR count). The van der Waals surface area contributed by atoms with Gasteiger partial charge in [0.05, 0.1) is 39.7 Å². The molecule has 2 N–H and O–H groups in total. The zero-order valence-electron chi connectivity index (χ0n) is 19.9. The molecule has 0 saturated carbocycles. The van der Waals surface area contributed by atoms with E-state index in [4.69, 9.17) is 35.7 Å². The lowest BCUT2D eigenvalue weighted by atomic mass is 9.79. The molecule has 1 amide bonds. The molecular formula is C25H30ClNO7. The average Bonchev–Trinajstić information content (AvgIpc) is 2.95. The van der Waals surface area contributed by atoms with E-state index in [1.807, 2.05) is 24.3 Å². The lowest BCUT2D eigenvalue weighted by molar-refractivity contribution is -0.144. The summed E-state index contributed by atoms with van der Waals surface area (Å²) in [5, 5.41) is 11.4. The number of halogens is 1. The third kappa shape index (κ3) is 5.56. The molecule has 0 radical (unpaired) electrons. The molecule has 0 aromatic heterocycles.